The van der Waals surface area contributed by atoms with Crippen molar-refractivity contribution < 1.29 is 14.6 Å². The number of anilines is 1. The number of nitrogens with one attached hydrogen (secondary N) is 2. The van der Waals surface area contributed by atoms with Gasteiger partial charge >= 0.3 is 5.97 Å². The first-order valence-corrected chi connectivity index (χ1v) is 10.5. The number of aliphatic hydroxyl groups is 1. The quantitative estimate of drug-likeness (QED) is 0.278. The van der Waals surface area contributed by atoms with Gasteiger partial charge in [0, 0.05) is 19.4 Å². The lowest BCUT2D eigenvalue weighted by molar-refractivity contribution is -0.144. The highest BCUT2D eigenvalue weighted by Gasteiger charge is 2.15. The van der Waals surface area contributed by atoms with Gasteiger partial charge in [0.15, 0.2) is 11.2 Å². The van der Waals surface area contributed by atoms with Crippen LogP contribution in [0.15, 0.2) is 4.79 Å². The number of carbonyl (C=O) groups is 1. The minimum Gasteiger partial charge on any atom is -0.466 e. The SMILES string of the molecule is CCCCCCCCCC(=O)OCCC(CO)Cc1nc2nc(N)[nH]c(=O)c2[nH]1. The van der Waals surface area contributed by atoms with Gasteiger partial charge in [-0.1, -0.05) is 45.4 Å². The molecule has 0 saturated heterocycles. The predicted molar refractivity (Wildman–Crippen MR) is 111 cm³/mol. The van der Waals surface area contributed by atoms with Gasteiger partial charge in [0.1, 0.15) is 5.82 Å². The first-order valence-electron chi connectivity index (χ1n) is 10.5. The van der Waals surface area contributed by atoms with Gasteiger partial charge in [-0.3, -0.25) is 14.6 Å². The molecule has 0 aromatic carbocycles. The molecular formula is C20H33N5O4. The minimum atomic E-state index is -0.383. The summed E-state index contributed by atoms with van der Waals surface area (Å²) in [6, 6.07) is 0. The summed E-state index contributed by atoms with van der Waals surface area (Å²) >= 11 is 0. The van der Waals surface area contributed by atoms with Crippen molar-refractivity contribution in [1.82, 2.24) is 19.9 Å². The molecule has 0 aliphatic carbocycles. The molecule has 9 nitrogen and oxygen atoms in total. The molecule has 1 unspecified atom stereocenters. The van der Waals surface area contributed by atoms with Crippen LogP contribution in [-0.2, 0) is 16.0 Å². The van der Waals surface area contributed by atoms with Crippen LogP contribution in [0.5, 0.6) is 0 Å². The molecule has 2 rings (SSSR count). The number of nitrogens with two attached hydrogens (primary N) is 1. The van der Waals surface area contributed by atoms with Crippen LogP contribution in [0, 0.1) is 5.92 Å². The van der Waals surface area contributed by atoms with Gasteiger partial charge in [-0.05, 0) is 18.8 Å². The number of fused-ring (bicyclic) bond motifs is 1. The first-order chi connectivity index (χ1) is 14.0. The van der Waals surface area contributed by atoms with E-state index in [1.807, 2.05) is 0 Å². The number of rotatable bonds is 14. The van der Waals surface area contributed by atoms with Gasteiger partial charge in [-0.15, -0.1) is 0 Å². The minimum absolute atomic E-state index is 0.00660. The van der Waals surface area contributed by atoms with E-state index in [1.54, 1.807) is 0 Å². The number of nitrogens with zero attached hydrogens (tertiary/aromatic N) is 2. The Bertz CT molecular complexity index is 817. The summed E-state index contributed by atoms with van der Waals surface area (Å²) in [6.07, 6.45) is 9.48. The predicted octanol–water partition coefficient (Wildman–Crippen LogP) is 2.45. The lowest BCUT2D eigenvalue weighted by atomic mass is 10.0. The molecule has 2 aromatic heterocycles. The molecule has 2 aromatic rings. The molecule has 0 bridgehead atoms. The Kier molecular flexibility index (Phi) is 9.63. The fraction of sp³-hybridized carbons (Fsp3) is 0.700. The second-order valence-corrected chi connectivity index (χ2v) is 7.47. The molecule has 0 spiro atoms. The lowest BCUT2D eigenvalue weighted by Crippen LogP contribution is -2.15. The van der Waals surface area contributed by atoms with Gasteiger partial charge < -0.3 is 20.6 Å². The third-order valence-corrected chi connectivity index (χ3v) is 4.94. The molecule has 0 saturated carbocycles. The van der Waals surface area contributed by atoms with Crippen molar-refractivity contribution >= 4 is 23.1 Å². The van der Waals surface area contributed by atoms with Gasteiger partial charge in [-0.25, -0.2) is 4.98 Å². The van der Waals surface area contributed by atoms with Crippen molar-refractivity contribution in [3.05, 3.63) is 16.2 Å². The van der Waals surface area contributed by atoms with Crippen LogP contribution in [-0.4, -0.2) is 44.2 Å². The average molecular weight is 408 g/mol. The zero-order valence-corrected chi connectivity index (χ0v) is 17.2. The molecule has 9 heteroatoms. The number of unbranched alkanes of at least 4 members (excludes halogenated alkanes) is 6. The maximum absolute atomic E-state index is 11.8. The molecule has 0 fully saturated rings. The van der Waals surface area contributed by atoms with E-state index in [2.05, 4.69) is 26.9 Å². The van der Waals surface area contributed by atoms with Crippen LogP contribution in [0.2, 0.25) is 0 Å². The van der Waals surface area contributed by atoms with Crippen molar-refractivity contribution in [2.45, 2.75) is 71.1 Å². The van der Waals surface area contributed by atoms with Crippen molar-refractivity contribution in [2.24, 2.45) is 5.92 Å². The Balaban J connectivity index is 1.68. The van der Waals surface area contributed by atoms with E-state index in [1.165, 1.54) is 32.1 Å². The molecule has 0 aliphatic heterocycles. The van der Waals surface area contributed by atoms with E-state index in [0.29, 0.717) is 25.1 Å². The van der Waals surface area contributed by atoms with Crippen LogP contribution in [0.1, 0.15) is 70.5 Å². The van der Waals surface area contributed by atoms with E-state index < -0.39 is 0 Å². The number of nitrogen functional groups attached to an aromatic ring is 1. The van der Waals surface area contributed by atoms with E-state index >= 15 is 0 Å². The number of ether oxygens (including phenoxy) is 1. The largest absolute Gasteiger partial charge is 0.466 e. The molecule has 162 valence electrons. The Labute approximate surface area is 170 Å². The monoisotopic (exact) mass is 407 g/mol. The number of imidazole rings is 1. The van der Waals surface area contributed by atoms with Crippen LogP contribution in [0.25, 0.3) is 11.2 Å². The second kappa shape index (κ2) is 12.2. The molecular weight excluding hydrogens is 374 g/mol. The Morgan fingerprint density at radius 1 is 1.14 bits per heavy atom. The third kappa shape index (κ3) is 7.84. The topological polar surface area (TPSA) is 147 Å². The first kappa shape index (κ1) is 22.9. The Morgan fingerprint density at radius 3 is 2.59 bits per heavy atom. The highest BCUT2D eigenvalue weighted by molar-refractivity contribution is 5.70. The van der Waals surface area contributed by atoms with E-state index in [4.69, 9.17) is 10.5 Å². The number of hydrogen-bond acceptors (Lipinski definition) is 7. The maximum atomic E-state index is 11.8. The van der Waals surface area contributed by atoms with Gasteiger partial charge in [0.25, 0.3) is 5.56 Å². The molecule has 5 N–H and O–H groups in total. The number of H-pyrrole nitrogens is 2. The number of hydrogen-bond donors (Lipinski definition) is 4. The third-order valence-electron chi connectivity index (χ3n) is 4.94. The Morgan fingerprint density at radius 2 is 1.86 bits per heavy atom. The van der Waals surface area contributed by atoms with Gasteiger partial charge in [-0.2, -0.15) is 4.98 Å². The van der Waals surface area contributed by atoms with Crippen molar-refractivity contribution in [1.29, 1.82) is 0 Å². The fourth-order valence-electron chi connectivity index (χ4n) is 3.24. The maximum Gasteiger partial charge on any atom is 0.305 e. The lowest BCUT2D eigenvalue weighted by Gasteiger charge is -2.12. The Hall–Kier alpha value is -2.42. The molecule has 2 heterocycles. The second-order valence-electron chi connectivity index (χ2n) is 7.47. The van der Waals surface area contributed by atoms with Crippen molar-refractivity contribution in [3.8, 4) is 0 Å². The fourth-order valence-corrected chi connectivity index (χ4v) is 3.24. The smallest absolute Gasteiger partial charge is 0.305 e. The van der Waals surface area contributed by atoms with E-state index in [0.717, 1.165) is 12.8 Å². The summed E-state index contributed by atoms with van der Waals surface area (Å²) in [5.74, 6) is 0.215. The number of aromatic amines is 2. The average Bonchev–Trinajstić information content (AvgIpc) is 3.09. The molecule has 0 radical (unpaired) electrons. The van der Waals surface area contributed by atoms with E-state index in [-0.39, 0.29) is 47.8 Å². The van der Waals surface area contributed by atoms with Gasteiger partial charge in [0.05, 0.1) is 6.61 Å². The van der Waals surface area contributed by atoms with Gasteiger partial charge in [0.2, 0.25) is 5.95 Å². The standard InChI is InChI=1S/C20H33N5O4/c1-2-3-4-5-6-7-8-9-16(27)29-11-10-14(13-26)12-15-22-17-18(23-15)24-20(21)25-19(17)28/h14,26H,2-13H2,1H3,(H4,21,22,23,24,25,28). The zero-order chi connectivity index (χ0) is 21.1. The van der Waals surface area contributed by atoms with Crippen LogP contribution in [0.3, 0.4) is 0 Å². The molecule has 1 atom stereocenters. The van der Waals surface area contributed by atoms with Crippen molar-refractivity contribution in [3.63, 3.8) is 0 Å². The normalized spacial score (nSPS) is 12.3. The summed E-state index contributed by atoms with van der Waals surface area (Å²) in [7, 11) is 0. The summed E-state index contributed by atoms with van der Waals surface area (Å²) in [4.78, 5) is 37.2. The summed E-state index contributed by atoms with van der Waals surface area (Å²) in [5, 5.41) is 9.60. The summed E-state index contributed by atoms with van der Waals surface area (Å²) < 4.78 is 5.29. The number of aromatic nitrogens is 4. The molecule has 0 amide bonds. The molecule has 0 aliphatic rings. The van der Waals surface area contributed by atoms with Crippen LogP contribution in [0.4, 0.5) is 5.95 Å². The van der Waals surface area contributed by atoms with Crippen LogP contribution >= 0.6 is 0 Å². The highest BCUT2D eigenvalue weighted by atomic mass is 16.5. The number of esters is 1. The van der Waals surface area contributed by atoms with Crippen molar-refractivity contribution in [2.75, 3.05) is 18.9 Å². The molecule has 29 heavy (non-hydrogen) atoms. The number of aliphatic hydroxyl groups excluding tert-OH is 1. The zero-order valence-electron chi connectivity index (χ0n) is 17.2. The summed E-state index contributed by atoms with van der Waals surface area (Å²) in [5.41, 5.74) is 5.64. The van der Waals surface area contributed by atoms with E-state index in [9.17, 15) is 14.7 Å². The number of carbonyl (C=O) groups excluding carboxylic acids is 1. The highest BCUT2D eigenvalue weighted by Crippen LogP contribution is 2.13. The summed E-state index contributed by atoms with van der Waals surface area (Å²) in [6.45, 7) is 2.38. The van der Waals surface area contributed by atoms with Crippen LogP contribution < -0.4 is 11.3 Å².